The molecule has 0 heterocycles. The van der Waals surface area contributed by atoms with Gasteiger partial charge in [0.25, 0.3) is 0 Å². The van der Waals surface area contributed by atoms with E-state index in [0.717, 1.165) is 26.2 Å². The van der Waals surface area contributed by atoms with Crippen LogP contribution in [-0.2, 0) is 32.7 Å². The lowest BCUT2D eigenvalue weighted by Crippen LogP contribution is -2.64. The second kappa shape index (κ2) is 26.6. The van der Waals surface area contributed by atoms with Gasteiger partial charge >= 0.3 is 19.8 Å². The molecule has 1 saturated carbocycles. The molecule has 284 valence electrons. The van der Waals surface area contributed by atoms with E-state index in [2.05, 4.69) is 6.92 Å². The Morgan fingerprint density at radius 3 is 1.38 bits per heavy atom. The van der Waals surface area contributed by atoms with Crippen LogP contribution in [-0.4, -0.2) is 98.3 Å². The first-order valence-electron chi connectivity index (χ1n) is 18.3. The summed E-state index contributed by atoms with van der Waals surface area (Å²) >= 11 is 0. The number of phosphoric ester groups is 1. The molecule has 48 heavy (non-hydrogen) atoms. The third-order valence-electron chi connectivity index (χ3n) is 8.76. The van der Waals surface area contributed by atoms with E-state index >= 15 is 0 Å². The SMILES string of the molecule is CCCCCCCCCCCCCCCCCCCCCCC(=O)OC(COC(C)=O)COP(=O)(O)OC1C(O)C(O)C(O)C(O)C1O. The van der Waals surface area contributed by atoms with E-state index in [-0.39, 0.29) is 6.42 Å². The monoisotopic (exact) mass is 712 g/mol. The van der Waals surface area contributed by atoms with Crippen molar-refractivity contribution in [2.24, 2.45) is 0 Å². The summed E-state index contributed by atoms with van der Waals surface area (Å²) in [6.45, 7) is 2.19. The second-order valence-corrected chi connectivity index (χ2v) is 14.6. The molecule has 0 bridgehead atoms. The van der Waals surface area contributed by atoms with Crippen molar-refractivity contribution in [1.29, 1.82) is 0 Å². The molecule has 6 atom stereocenters. The Balaban J connectivity index is 2.18. The van der Waals surface area contributed by atoms with Crippen molar-refractivity contribution >= 4 is 19.8 Å². The number of rotatable bonds is 29. The van der Waals surface area contributed by atoms with E-state index < -0.39 is 75.7 Å². The van der Waals surface area contributed by atoms with E-state index in [9.17, 15) is 44.6 Å². The van der Waals surface area contributed by atoms with Crippen LogP contribution in [0.25, 0.3) is 0 Å². The van der Waals surface area contributed by atoms with Gasteiger partial charge in [-0.1, -0.05) is 129 Å². The largest absolute Gasteiger partial charge is 0.472 e. The molecule has 14 heteroatoms. The average Bonchev–Trinajstić information content (AvgIpc) is 3.05. The van der Waals surface area contributed by atoms with Gasteiger partial charge < -0.3 is 39.9 Å². The molecule has 0 radical (unpaired) electrons. The Morgan fingerprint density at radius 1 is 0.604 bits per heavy atom. The second-order valence-electron chi connectivity index (χ2n) is 13.2. The number of unbranched alkanes of at least 4 members (excludes halogenated alkanes) is 19. The first-order chi connectivity index (χ1) is 22.9. The molecule has 1 rings (SSSR count). The summed E-state index contributed by atoms with van der Waals surface area (Å²) < 4.78 is 32.2. The van der Waals surface area contributed by atoms with Crippen molar-refractivity contribution in [3.05, 3.63) is 0 Å². The molecule has 13 nitrogen and oxygen atoms in total. The van der Waals surface area contributed by atoms with Gasteiger partial charge in [-0.25, -0.2) is 4.57 Å². The summed E-state index contributed by atoms with van der Waals surface area (Å²) in [6.07, 6.45) is 11.8. The molecule has 1 aliphatic carbocycles. The molecule has 0 spiro atoms. The molecule has 0 aromatic carbocycles. The molecule has 1 fully saturated rings. The van der Waals surface area contributed by atoms with Crippen LogP contribution in [0, 0.1) is 0 Å². The third kappa shape index (κ3) is 20.5. The Bertz CT molecular complexity index is 875. The van der Waals surface area contributed by atoms with Gasteiger partial charge in [0.05, 0.1) is 6.61 Å². The number of aliphatic hydroxyl groups excluding tert-OH is 5. The highest BCUT2D eigenvalue weighted by atomic mass is 31.2. The maximum absolute atomic E-state index is 12.5. The summed E-state index contributed by atoms with van der Waals surface area (Å²) in [5.41, 5.74) is 0. The maximum atomic E-state index is 12.5. The molecule has 0 aliphatic heterocycles. The highest BCUT2D eigenvalue weighted by Gasteiger charge is 2.51. The van der Waals surface area contributed by atoms with E-state index in [4.69, 9.17) is 18.5 Å². The average molecular weight is 713 g/mol. The van der Waals surface area contributed by atoms with Gasteiger partial charge in [0.1, 0.15) is 43.2 Å². The summed E-state index contributed by atoms with van der Waals surface area (Å²) in [5, 5.41) is 49.3. The fourth-order valence-corrected chi connectivity index (χ4v) is 6.75. The zero-order chi connectivity index (χ0) is 35.8. The zero-order valence-corrected chi connectivity index (χ0v) is 30.2. The Morgan fingerprint density at radius 2 is 0.979 bits per heavy atom. The molecule has 0 amide bonds. The molecule has 6 unspecified atom stereocenters. The van der Waals surface area contributed by atoms with Crippen LogP contribution in [0.3, 0.4) is 0 Å². The van der Waals surface area contributed by atoms with Crippen molar-refractivity contribution in [2.45, 2.75) is 191 Å². The minimum atomic E-state index is -5.07. The number of aliphatic hydroxyl groups is 5. The van der Waals surface area contributed by atoms with Gasteiger partial charge in [-0.2, -0.15) is 0 Å². The fraction of sp³-hybridized carbons (Fsp3) is 0.941. The van der Waals surface area contributed by atoms with Crippen LogP contribution in [0.4, 0.5) is 0 Å². The van der Waals surface area contributed by atoms with Crippen molar-refractivity contribution in [1.82, 2.24) is 0 Å². The summed E-state index contributed by atoms with van der Waals surface area (Å²) in [4.78, 5) is 33.8. The normalized spacial score (nSPS) is 24.6. The van der Waals surface area contributed by atoms with Gasteiger partial charge in [0, 0.05) is 13.3 Å². The number of carbonyl (C=O) groups is 2. The third-order valence-corrected chi connectivity index (χ3v) is 9.74. The lowest BCUT2D eigenvalue weighted by atomic mass is 9.85. The Labute approximate surface area is 287 Å². The maximum Gasteiger partial charge on any atom is 0.472 e. The number of hydrogen-bond donors (Lipinski definition) is 6. The summed E-state index contributed by atoms with van der Waals surface area (Å²) in [6, 6.07) is 0. The number of hydrogen-bond acceptors (Lipinski definition) is 12. The summed E-state index contributed by atoms with van der Waals surface area (Å²) in [7, 11) is -5.07. The lowest BCUT2D eigenvalue weighted by Gasteiger charge is -2.41. The Hall–Kier alpha value is -1.15. The van der Waals surface area contributed by atoms with E-state index in [0.29, 0.717) is 6.42 Å². The highest BCUT2D eigenvalue weighted by molar-refractivity contribution is 7.47. The molecular formula is C34H65O13P. The summed E-state index contributed by atoms with van der Waals surface area (Å²) in [5.74, 6) is -1.28. The number of esters is 2. The molecule has 0 aromatic heterocycles. The molecule has 0 saturated heterocycles. The van der Waals surface area contributed by atoms with Gasteiger partial charge in [0.2, 0.25) is 0 Å². The zero-order valence-electron chi connectivity index (χ0n) is 29.3. The fourth-order valence-electron chi connectivity index (χ4n) is 5.78. The van der Waals surface area contributed by atoms with Crippen molar-refractivity contribution in [3.63, 3.8) is 0 Å². The van der Waals surface area contributed by atoms with Crippen molar-refractivity contribution in [2.75, 3.05) is 13.2 Å². The molecular weight excluding hydrogens is 647 g/mol. The van der Waals surface area contributed by atoms with Crippen LogP contribution in [0.1, 0.15) is 149 Å². The predicted molar refractivity (Wildman–Crippen MR) is 180 cm³/mol. The van der Waals surface area contributed by atoms with Gasteiger partial charge in [-0.05, 0) is 6.42 Å². The quantitative estimate of drug-likeness (QED) is 0.0343. The predicted octanol–water partition coefficient (Wildman–Crippen LogP) is 4.99. The van der Waals surface area contributed by atoms with E-state index in [1.165, 1.54) is 103 Å². The Kier molecular flexibility index (Phi) is 24.9. The van der Waals surface area contributed by atoms with Crippen molar-refractivity contribution in [3.8, 4) is 0 Å². The van der Waals surface area contributed by atoms with Gasteiger partial charge in [0.15, 0.2) is 6.10 Å². The van der Waals surface area contributed by atoms with Crippen LogP contribution in [0.2, 0.25) is 0 Å². The van der Waals surface area contributed by atoms with Crippen LogP contribution < -0.4 is 0 Å². The lowest BCUT2D eigenvalue weighted by molar-refractivity contribution is -0.220. The first-order valence-corrected chi connectivity index (χ1v) is 19.8. The number of phosphoric acid groups is 1. The van der Waals surface area contributed by atoms with Crippen LogP contribution >= 0.6 is 7.82 Å². The topological polar surface area (TPSA) is 210 Å². The van der Waals surface area contributed by atoms with Gasteiger partial charge in [-0.3, -0.25) is 18.6 Å². The standard InChI is InChI=1S/C34H65O13P/c1-3-4-5-6-7-8-9-10-11-12-13-14-15-16-17-18-19-20-21-22-23-28(36)46-27(24-44-26(2)35)25-45-48(42,43)47-34-32(40)30(38)29(37)31(39)33(34)41/h27,29-34,37-41H,3-25H2,1-2H3,(H,42,43). The highest BCUT2D eigenvalue weighted by Crippen LogP contribution is 2.47. The number of carbonyl (C=O) groups excluding carboxylic acids is 2. The minimum Gasteiger partial charge on any atom is -0.462 e. The van der Waals surface area contributed by atoms with E-state index in [1.54, 1.807) is 0 Å². The van der Waals surface area contributed by atoms with E-state index in [1.807, 2.05) is 0 Å². The first kappa shape index (κ1) is 44.9. The molecule has 6 N–H and O–H groups in total. The van der Waals surface area contributed by atoms with Crippen molar-refractivity contribution < 1.29 is 63.1 Å². The smallest absolute Gasteiger partial charge is 0.462 e. The van der Waals surface area contributed by atoms with Gasteiger partial charge in [-0.15, -0.1) is 0 Å². The van der Waals surface area contributed by atoms with Crippen LogP contribution in [0.5, 0.6) is 0 Å². The number of ether oxygens (including phenoxy) is 2. The molecule has 0 aromatic rings. The molecule has 1 aliphatic rings. The van der Waals surface area contributed by atoms with Crippen LogP contribution in [0.15, 0.2) is 0 Å². The minimum absolute atomic E-state index is 0.0986.